The summed E-state index contributed by atoms with van der Waals surface area (Å²) in [5.41, 5.74) is 4.56. The van der Waals surface area contributed by atoms with Crippen LogP contribution in [0.5, 0.6) is 0 Å². The van der Waals surface area contributed by atoms with Gasteiger partial charge in [-0.15, -0.1) is 0 Å². The fourth-order valence-electron chi connectivity index (χ4n) is 3.39. The first-order valence-electron chi connectivity index (χ1n) is 8.74. The van der Waals surface area contributed by atoms with Gasteiger partial charge in [0.1, 0.15) is 5.65 Å². The van der Waals surface area contributed by atoms with Crippen molar-refractivity contribution in [2.75, 3.05) is 0 Å². The average Bonchev–Trinajstić information content (AvgIpc) is 3.29. The maximum absolute atomic E-state index is 4.45. The summed E-state index contributed by atoms with van der Waals surface area (Å²) in [6.07, 6.45) is 6.69. The zero-order valence-electron chi connectivity index (χ0n) is 14.6. The van der Waals surface area contributed by atoms with Crippen molar-refractivity contribution in [3.63, 3.8) is 0 Å². The van der Waals surface area contributed by atoms with E-state index >= 15 is 0 Å². The van der Waals surface area contributed by atoms with E-state index in [4.69, 9.17) is 0 Å². The third-order valence-electron chi connectivity index (χ3n) is 4.54. The third kappa shape index (κ3) is 3.20. The van der Waals surface area contributed by atoms with E-state index in [1.165, 1.54) is 11.3 Å². The highest BCUT2D eigenvalue weighted by Crippen LogP contribution is 2.33. The first-order chi connectivity index (χ1) is 12.2. The Morgan fingerprint density at radius 2 is 1.96 bits per heavy atom. The van der Waals surface area contributed by atoms with Crippen LogP contribution in [0.15, 0.2) is 67.1 Å². The second kappa shape index (κ2) is 6.55. The molecule has 0 aliphatic rings. The first-order valence-corrected chi connectivity index (χ1v) is 8.74. The number of aromatic amines is 1. The molecule has 4 nitrogen and oxygen atoms in total. The van der Waals surface area contributed by atoms with Gasteiger partial charge in [0.15, 0.2) is 0 Å². The molecular formula is C21H22N4. The summed E-state index contributed by atoms with van der Waals surface area (Å²) in [5, 5.41) is 5.52. The molecule has 1 N–H and O–H groups in total. The molecule has 0 spiro atoms. The maximum atomic E-state index is 4.45. The largest absolute Gasteiger partial charge is 0.343 e. The molecule has 3 heterocycles. The zero-order valence-corrected chi connectivity index (χ0v) is 14.6. The van der Waals surface area contributed by atoms with Crippen LogP contribution in [0.1, 0.15) is 37.4 Å². The lowest BCUT2D eigenvalue weighted by Crippen LogP contribution is -2.06. The van der Waals surface area contributed by atoms with Crippen molar-refractivity contribution in [3.8, 4) is 5.69 Å². The maximum Gasteiger partial charge on any atom is 0.137 e. The van der Waals surface area contributed by atoms with Crippen molar-refractivity contribution in [1.29, 1.82) is 0 Å². The number of aromatic nitrogens is 4. The van der Waals surface area contributed by atoms with E-state index in [1.54, 1.807) is 0 Å². The molecule has 1 unspecified atom stereocenters. The topological polar surface area (TPSA) is 46.5 Å². The van der Waals surface area contributed by atoms with E-state index in [0.717, 1.165) is 23.1 Å². The zero-order chi connectivity index (χ0) is 17.2. The molecule has 0 saturated carbocycles. The molecule has 3 aromatic heterocycles. The number of nitrogens with one attached hydrogen (secondary N) is 1. The summed E-state index contributed by atoms with van der Waals surface area (Å²) in [6, 6.07) is 16.9. The lowest BCUT2D eigenvalue weighted by Gasteiger charge is -2.19. The molecule has 0 aliphatic carbocycles. The van der Waals surface area contributed by atoms with E-state index in [1.807, 2.05) is 35.4 Å². The molecule has 0 radical (unpaired) electrons. The molecular weight excluding hydrogens is 308 g/mol. The van der Waals surface area contributed by atoms with Crippen LogP contribution in [0.25, 0.3) is 16.7 Å². The van der Waals surface area contributed by atoms with Gasteiger partial charge in [-0.05, 0) is 54.3 Å². The van der Waals surface area contributed by atoms with Gasteiger partial charge in [-0.3, -0.25) is 0 Å². The summed E-state index contributed by atoms with van der Waals surface area (Å²) in [5.74, 6) is 0.905. The Kier molecular flexibility index (Phi) is 4.10. The average molecular weight is 330 g/mol. The van der Waals surface area contributed by atoms with Crippen LogP contribution in [0.2, 0.25) is 0 Å². The van der Waals surface area contributed by atoms with Crippen LogP contribution < -0.4 is 0 Å². The standard InChI is InChI=1S/C21H22N4/c1-15(2)12-19(20-14-17-7-4-9-22-21(17)24-20)16-6-3-8-18(13-16)25-11-5-10-23-25/h3-11,13-15,19H,12H2,1-2H3,(H,22,24). The van der Waals surface area contributed by atoms with Gasteiger partial charge in [0, 0.05) is 35.6 Å². The van der Waals surface area contributed by atoms with Crippen LogP contribution in [-0.2, 0) is 0 Å². The highest BCUT2D eigenvalue weighted by molar-refractivity contribution is 5.76. The number of rotatable bonds is 5. The number of hydrogen-bond acceptors (Lipinski definition) is 2. The fraction of sp³-hybridized carbons (Fsp3) is 0.238. The Hall–Kier alpha value is -2.88. The van der Waals surface area contributed by atoms with E-state index < -0.39 is 0 Å². The predicted octanol–water partition coefficient (Wildman–Crippen LogP) is 4.93. The molecule has 0 bridgehead atoms. The van der Waals surface area contributed by atoms with Crippen molar-refractivity contribution in [3.05, 3.63) is 78.4 Å². The van der Waals surface area contributed by atoms with E-state index in [-0.39, 0.29) is 0 Å². The van der Waals surface area contributed by atoms with Gasteiger partial charge < -0.3 is 4.98 Å². The summed E-state index contributed by atoms with van der Waals surface area (Å²) in [6.45, 7) is 4.54. The highest BCUT2D eigenvalue weighted by Gasteiger charge is 2.19. The van der Waals surface area contributed by atoms with Gasteiger partial charge in [0.25, 0.3) is 0 Å². The lowest BCUT2D eigenvalue weighted by molar-refractivity contribution is 0.536. The smallest absolute Gasteiger partial charge is 0.137 e. The highest BCUT2D eigenvalue weighted by atomic mass is 15.3. The van der Waals surface area contributed by atoms with Gasteiger partial charge >= 0.3 is 0 Å². The number of nitrogens with zero attached hydrogens (tertiary/aromatic N) is 3. The number of H-pyrrole nitrogens is 1. The van der Waals surface area contributed by atoms with Gasteiger partial charge in [-0.2, -0.15) is 5.10 Å². The summed E-state index contributed by atoms with van der Waals surface area (Å²) in [4.78, 5) is 7.97. The molecule has 0 aliphatic heterocycles. The summed E-state index contributed by atoms with van der Waals surface area (Å²) < 4.78 is 1.91. The lowest BCUT2D eigenvalue weighted by atomic mass is 9.87. The minimum atomic E-state index is 0.310. The summed E-state index contributed by atoms with van der Waals surface area (Å²) in [7, 11) is 0. The van der Waals surface area contributed by atoms with Crippen molar-refractivity contribution >= 4 is 11.0 Å². The second-order valence-corrected chi connectivity index (χ2v) is 6.89. The Labute approximate surface area is 147 Å². The van der Waals surface area contributed by atoms with Gasteiger partial charge in [0.2, 0.25) is 0 Å². The first kappa shape index (κ1) is 15.6. The number of pyridine rings is 1. The molecule has 1 aromatic carbocycles. The second-order valence-electron chi connectivity index (χ2n) is 6.89. The van der Waals surface area contributed by atoms with E-state index in [9.17, 15) is 0 Å². The van der Waals surface area contributed by atoms with Crippen LogP contribution >= 0.6 is 0 Å². The van der Waals surface area contributed by atoms with Crippen LogP contribution in [0.4, 0.5) is 0 Å². The van der Waals surface area contributed by atoms with Crippen LogP contribution in [0, 0.1) is 5.92 Å². The van der Waals surface area contributed by atoms with Gasteiger partial charge in [0.05, 0.1) is 5.69 Å². The van der Waals surface area contributed by atoms with Crippen molar-refractivity contribution < 1.29 is 0 Å². The summed E-state index contributed by atoms with van der Waals surface area (Å²) >= 11 is 0. The Bertz CT molecular complexity index is 933. The van der Waals surface area contributed by atoms with Gasteiger partial charge in [-0.1, -0.05) is 26.0 Å². The molecule has 0 amide bonds. The number of benzene rings is 1. The molecule has 0 fully saturated rings. The van der Waals surface area contributed by atoms with Crippen LogP contribution in [-0.4, -0.2) is 19.7 Å². The monoisotopic (exact) mass is 330 g/mol. The van der Waals surface area contributed by atoms with Crippen LogP contribution in [0.3, 0.4) is 0 Å². The molecule has 4 rings (SSSR count). The minimum Gasteiger partial charge on any atom is -0.343 e. The van der Waals surface area contributed by atoms with Gasteiger partial charge in [-0.25, -0.2) is 9.67 Å². The molecule has 4 aromatic rings. The Morgan fingerprint density at radius 1 is 1.04 bits per heavy atom. The third-order valence-corrected chi connectivity index (χ3v) is 4.54. The quantitative estimate of drug-likeness (QED) is 0.564. The fourth-order valence-corrected chi connectivity index (χ4v) is 3.39. The minimum absolute atomic E-state index is 0.310. The molecule has 4 heteroatoms. The Morgan fingerprint density at radius 3 is 2.72 bits per heavy atom. The number of hydrogen-bond donors (Lipinski definition) is 1. The van der Waals surface area contributed by atoms with E-state index in [2.05, 4.69) is 65.3 Å². The van der Waals surface area contributed by atoms with Crippen molar-refractivity contribution in [2.45, 2.75) is 26.2 Å². The SMILES string of the molecule is CC(C)CC(c1cccc(-n2cccn2)c1)c1cc2cccnc2[nH]1. The molecule has 0 saturated heterocycles. The van der Waals surface area contributed by atoms with Crippen molar-refractivity contribution in [1.82, 2.24) is 19.7 Å². The molecule has 25 heavy (non-hydrogen) atoms. The van der Waals surface area contributed by atoms with Crippen molar-refractivity contribution in [2.24, 2.45) is 5.92 Å². The normalized spacial score (nSPS) is 12.8. The molecule has 1 atom stereocenters. The number of fused-ring (bicyclic) bond motifs is 1. The molecule has 126 valence electrons. The predicted molar refractivity (Wildman–Crippen MR) is 101 cm³/mol. The van der Waals surface area contributed by atoms with E-state index in [0.29, 0.717) is 11.8 Å². The Balaban J connectivity index is 1.78.